The normalized spacial score (nSPS) is 18.9. The van der Waals surface area contributed by atoms with Gasteiger partial charge in [-0.1, -0.05) is 0 Å². The lowest BCUT2D eigenvalue weighted by Gasteiger charge is -2.10. The van der Waals surface area contributed by atoms with Crippen LogP contribution < -0.4 is 5.32 Å². The van der Waals surface area contributed by atoms with Crippen LogP contribution in [0.15, 0.2) is 30.1 Å². The van der Waals surface area contributed by atoms with Crippen molar-refractivity contribution in [2.24, 2.45) is 0 Å². The largest absolute Gasteiger partial charge is 0.376 e. The highest BCUT2D eigenvalue weighted by atomic mass is 16.5. The number of rotatable bonds is 4. The summed E-state index contributed by atoms with van der Waals surface area (Å²) in [4.78, 5) is 15.7. The number of carbonyl (C=O) groups excluding carboxylic acids is 1. The van der Waals surface area contributed by atoms with E-state index in [0.717, 1.165) is 25.0 Å². The predicted octanol–water partition coefficient (Wildman–Crippen LogP) is 1.28. The van der Waals surface area contributed by atoms with Gasteiger partial charge in [0.15, 0.2) is 0 Å². The standard InChI is InChI=1S/C14H15N3O2/c15-9-12(8-11-3-5-16-6-4-11)14(18)17-10-13-2-1-7-19-13/h3-6,8,13H,1-2,7,10H2,(H,17,18)/b12-8+/t13-/m0/s1. The summed E-state index contributed by atoms with van der Waals surface area (Å²) in [6, 6.07) is 5.40. The summed E-state index contributed by atoms with van der Waals surface area (Å²) in [7, 11) is 0. The third-order valence-corrected chi connectivity index (χ3v) is 2.90. The Morgan fingerprint density at radius 3 is 3.00 bits per heavy atom. The minimum absolute atomic E-state index is 0.0739. The summed E-state index contributed by atoms with van der Waals surface area (Å²) in [6.07, 6.45) is 6.84. The molecule has 0 bridgehead atoms. The van der Waals surface area contributed by atoms with Crippen LogP contribution in [0, 0.1) is 11.3 Å². The number of nitriles is 1. The molecule has 5 nitrogen and oxygen atoms in total. The molecule has 1 saturated heterocycles. The maximum Gasteiger partial charge on any atom is 0.262 e. The second-order valence-electron chi connectivity index (χ2n) is 4.30. The van der Waals surface area contributed by atoms with Gasteiger partial charge in [0.1, 0.15) is 11.6 Å². The van der Waals surface area contributed by atoms with E-state index in [9.17, 15) is 4.79 Å². The molecule has 2 rings (SSSR count). The van der Waals surface area contributed by atoms with Gasteiger partial charge in [0.25, 0.3) is 5.91 Å². The highest BCUT2D eigenvalue weighted by Gasteiger charge is 2.17. The molecular weight excluding hydrogens is 242 g/mol. The van der Waals surface area contributed by atoms with Gasteiger partial charge < -0.3 is 10.1 Å². The van der Waals surface area contributed by atoms with Crippen LogP contribution in [0.25, 0.3) is 6.08 Å². The molecule has 1 amide bonds. The van der Waals surface area contributed by atoms with Crippen molar-refractivity contribution in [1.29, 1.82) is 5.26 Å². The highest BCUT2D eigenvalue weighted by Crippen LogP contribution is 2.11. The number of carbonyl (C=O) groups is 1. The van der Waals surface area contributed by atoms with Crippen LogP contribution in [0.5, 0.6) is 0 Å². The Labute approximate surface area is 111 Å². The van der Waals surface area contributed by atoms with Crippen LogP contribution in [0.3, 0.4) is 0 Å². The Morgan fingerprint density at radius 1 is 1.58 bits per heavy atom. The first-order chi connectivity index (χ1) is 9.29. The van der Waals surface area contributed by atoms with Crippen LogP contribution in [0.4, 0.5) is 0 Å². The van der Waals surface area contributed by atoms with Crippen molar-refractivity contribution in [3.8, 4) is 6.07 Å². The molecular formula is C14H15N3O2. The van der Waals surface area contributed by atoms with Crippen molar-refractivity contribution in [1.82, 2.24) is 10.3 Å². The number of hydrogen-bond donors (Lipinski definition) is 1. The lowest BCUT2D eigenvalue weighted by atomic mass is 10.1. The smallest absolute Gasteiger partial charge is 0.262 e. The molecule has 0 unspecified atom stereocenters. The topological polar surface area (TPSA) is 75.0 Å². The summed E-state index contributed by atoms with van der Waals surface area (Å²) < 4.78 is 5.41. The maximum absolute atomic E-state index is 11.9. The van der Waals surface area contributed by atoms with Crippen LogP contribution in [-0.2, 0) is 9.53 Å². The molecule has 19 heavy (non-hydrogen) atoms. The molecule has 0 aromatic carbocycles. The Balaban J connectivity index is 1.95. The summed E-state index contributed by atoms with van der Waals surface area (Å²) in [5, 5.41) is 11.7. The summed E-state index contributed by atoms with van der Waals surface area (Å²) in [5.41, 5.74) is 0.864. The van der Waals surface area contributed by atoms with Crippen LogP contribution >= 0.6 is 0 Å². The average molecular weight is 257 g/mol. The van der Waals surface area contributed by atoms with E-state index in [4.69, 9.17) is 10.00 Å². The molecule has 1 aromatic heterocycles. The number of aromatic nitrogens is 1. The molecule has 1 aliphatic rings. The van der Waals surface area contributed by atoms with Crippen LogP contribution in [0.2, 0.25) is 0 Å². The molecule has 0 aliphatic carbocycles. The molecule has 0 radical (unpaired) electrons. The van der Waals surface area contributed by atoms with Crippen LogP contribution in [0.1, 0.15) is 18.4 Å². The van der Waals surface area contributed by atoms with Gasteiger partial charge in [-0.3, -0.25) is 9.78 Å². The highest BCUT2D eigenvalue weighted by molar-refractivity contribution is 6.01. The Kier molecular flexibility index (Phi) is 4.65. The molecule has 0 spiro atoms. The van der Waals surface area contributed by atoms with E-state index >= 15 is 0 Å². The predicted molar refractivity (Wildman–Crippen MR) is 69.8 cm³/mol. The molecule has 1 N–H and O–H groups in total. The van der Waals surface area contributed by atoms with Gasteiger partial charge in [0, 0.05) is 25.5 Å². The molecule has 1 atom stereocenters. The first-order valence-electron chi connectivity index (χ1n) is 6.21. The fraction of sp³-hybridized carbons (Fsp3) is 0.357. The Hall–Kier alpha value is -2.19. The first-order valence-corrected chi connectivity index (χ1v) is 6.21. The van der Waals surface area contributed by atoms with E-state index in [1.165, 1.54) is 0 Å². The quantitative estimate of drug-likeness (QED) is 0.651. The second kappa shape index (κ2) is 6.66. The zero-order valence-corrected chi connectivity index (χ0v) is 10.5. The third kappa shape index (κ3) is 3.90. The van der Waals surface area contributed by atoms with Gasteiger partial charge in [0.2, 0.25) is 0 Å². The van der Waals surface area contributed by atoms with Crippen molar-refractivity contribution in [2.75, 3.05) is 13.2 Å². The zero-order chi connectivity index (χ0) is 13.5. The number of hydrogen-bond acceptors (Lipinski definition) is 4. The number of ether oxygens (including phenoxy) is 1. The summed E-state index contributed by atoms with van der Waals surface area (Å²) in [6.45, 7) is 1.20. The molecule has 2 heterocycles. The lowest BCUT2D eigenvalue weighted by molar-refractivity contribution is -0.117. The number of nitrogens with zero attached hydrogens (tertiary/aromatic N) is 2. The van der Waals surface area contributed by atoms with Crippen LogP contribution in [-0.4, -0.2) is 30.1 Å². The number of pyridine rings is 1. The minimum atomic E-state index is -0.366. The Bertz CT molecular complexity index is 499. The van der Waals surface area contributed by atoms with Gasteiger partial charge >= 0.3 is 0 Å². The molecule has 5 heteroatoms. The summed E-state index contributed by atoms with van der Waals surface area (Å²) in [5.74, 6) is -0.366. The fourth-order valence-corrected chi connectivity index (χ4v) is 1.88. The van der Waals surface area contributed by atoms with Gasteiger partial charge in [-0.25, -0.2) is 0 Å². The van der Waals surface area contributed by atoms with Crippen molar-refractivity contribution < 1.29 is 9.53 Å². The van der Waals surface area contributed by atoms with Gasteiger partial charge in [-0.05, 0) is 36.6 Å². The molecule has 0 saturated carbocycles. The summed E-state index contributed by atoms with van der Waals surface area (Å²) >= 11 is 0. The van der Waals surface area contributed by atoms with Gasteiger partial charge in [0.05, 0.1) is 6.10 Å². The number of amides is 1. The Morgan fingerprint density at radius 2 is 2.37 bits per heavy atom. The maximum atomic E-state index is 11.9. The second-order valence-corrected chi connectivity index (χ2v) is 4.30. The van der Waals surface area contributed by atoms with Crippen molar-refractivity contribution in [2.45, 2.75) is 18.9 Å². The van der Waals surface area contributed by atoms with Gasteiger partial charge in [-0.15, -0.1) is 0 Å². The fourth-order valence-electron chi connectivity index (χ4n) is 1.88. The van der Waals surface area contributed by atoms with E-state index < -0.39 is 0 Å². The molecule has 1 fully saturated rings. The average Bonchev–Trinajstić information content (AvgIpc) is 2.96. The van der Waals surface area contributed by atoms with Crippen molar-refractivity contribution in [3.63, 3.8) is 0 Å². The zero-order valence-electron chi connectivity index (χ0n) is 10.5. The van der Waals surface area contributed by atoms with E-state index in [1.807, 2.05) is 6.07 Å². The number of nitrogens with one attached hydrogen (secondary N) is 1. The minimum Gasteiger partial charge on any atom is -0.376 e. The molecule has 1 aromatic rings. The van der Waals surface area contributed by atoms with E-state index in [1.54, 1.807) is 30.6 Å². The third-order valence-electron chi connectivity index (χ3n) is 2.90. The molecule has 1 aliphatic heterocycles. The van der Waals surface area contributed by atoms with E-state index in [-0.39, 0.29) is 17.6 Å². The monoisotopic (exact) mass is 257 g/mol. The van der Waals surface area contributed by atoms with E-state index in [0.29, 0.717) is 6.54 Å². The van der Waals surface area contributed by atoms with Gasteiger partial charge in [-0.2, -0.15) is 5.26 Å². The lowest BCUT2D eigenvalue weighted by Crippen LogP contribution is -2.32. The first kappa shape index (κ1) is 13.2. The van der Waals surface area contributed by atoms with Crippen molar-refractivity contribution in [3.05, 3.63) is 35.7 Å². The van der Waals surface area contributed by atoms with Crippen molar-refractivity contribution >= 4 is 12.0 Å². The van der Waals surface area contributed by atoms with E-state index in [2.05, 4.69) is 10.3 Å². The molecule has 98 valence electrons. The SMILES string of the molecule is N#C/C(=C\c1ccncc1)C(=O)NC[C@@H]1CCCO1.